The van der Waals surface area contributed by atoms with Gasteiger partial charge in [-0.25, -0.2) is 4.98 Å². The van der Waals surface area contributed by atoms with Crippen molar-refractivity contribution in [2.24, 2.45) is 4.99 Å². The van der Waals surface area contributed by atoms with E-state index in [1.807, 2.05) is 31.2 Å². The van der Waals surface area contributed by atoms with Gasteiger partial charge in [-0.3, -0.25) is 15.1 Å². The van der Waals surface area contributed by atoms with Crippen LogP contribution in [-0.2, 0) is 0 Å². The van der Waals surface area contributed by atoms with E-state index in [4.69, 9.17) is 4.42 Å². The summed E-state index contributed by atoms with van der Waals surface area (Å²) in [7, 11) is 0. The molecule has 1 heterocycles. The Labute approximate surface area is 137 Å². The molecule has 0 aliphatic rings. The Hall–Kier alpha value is -3.48. The molecule has 0 saturated carbocycles. The lowest BCUT2D eigenvalue weighted by atomic mass is 10.1. The number of aromatic hydroxyl groups is 1. The second-order valence-corrected chi connectivity index (χ2v) is 5.11. The zero-order valence-electron chi connectivity index (χ0n) is 12.7. The summed E-state index contributed by atoms with van der Waals surface area (Å²) in [5.41, 5.74) is 2.52. The maximum Gasteiger partial charge on any atom is 0.312 e. The van der Waals surface area contributed by atoms with E-state index < -0.39 is 4.92 Å². The molecule has 7 heteroatoms. The smallest absolute Gasteiger partial charge is 0.312 e. The van der Waals surface area contributed by atoms with Gasteiger partial charge in [-0.1, -0.05) is 17.7 Å². The molecule has 0 atom stereocenters. The number of aromatic nitrogens is 1. The number of aryl methyl sites for hydroxylation is 1. The van der Waals surface area contributed by atoms with Crippen molar-refractivity contribution in [2.75, 3.05) is 0 Å². The number of non-ortho nitro benzene ring substituents is 1. The summed E-state index contributed by atoms with van der Waals surface area (Å²) in [6.07, 6.45) is 1.34. The van der Waals surface area contributed by atoms with Crippen LogP contribution in [0, 0.1) is 17.0 Å². The predicted octanol–water partition coefficient (Wildman–Crippen LogP) is 4.01. The lowest BCUT2D eigenvalue weighted by Crippen LogP contribution is -1.86. The summed E-state index contributed by atoms with van der Waals surface area (Å²) in [5, 5.41) is 20.4. The minimum Gasteiger partial charge on any atom is -0.479 e. The highest BCUT2D eigenvalue weighted by molar-refractivity contribution is 5.83. The number of nitro benzene ring substituents is 1. The first-order chi connectivity index (χ1) is 11.5. The maximum atomic E-state index is 10.6. The van der Waals surface area contributed by atoms with E-state index in [9.17, 15) is 15.2 Å². The average molecular weight is 323 g/mol. The summed E-state index contributed by atoms with van der Waals surface area (Å²) in [6, 6.07) is 13.2. The second-order valence-electron chi connectivity index (χ2n) is 5.11. The second kappa shape index (κ2) is 6.33. The minimum absolute atomic E-state index is 0.0140. The monoisotopic (exact) mass is 323 g/mol. The molecule has 1 N–H and O–H groups in total. The molecule has 0 radical (unpaired) electrons. The Morgan fingerprint density at radius 3 is 2.46 bits per heavy atom. The van der Waals surface area contributed by atoms with Crippen molar-refractivity contribution >= 4 is 17.6 Å². The van der Waals surface area contributed by atoms with Crippen molar-refractivity contribution in [2.45, 2.75) is 6.92 Å². The van der Waals surface area contributed by atoms with Crippen molar-refractivity contribution in [3.63, 3.8) is 0 Å². The fraction of sp³-hybridized carbons (Fsp3) is 0.0588. The number of hydrogen-bond donors (Lipinski definition) is 1. The van der Waals surface area contributed by atoms with Crippen LogP contribution < -0.4 is 0 Å². The highest BCUT2D eigenvalue weighted by Gasteiger charge is 2.12. The molecular formula is C17H13N3O4. The van der Waals surface area contributed by atoms with Gasteiger partial charge in [-0.2, -0.15) is 0 Å². The highest BCUT2D eigenvalue weighted by atomic mass is 16.6. The van der Waals surface area contributed by atoms with E-state index in [2.05, 4.69) is 9.98 Å². The zero-order valence-corrected chi connectivity index (χ0v) is 12.7. The number of oxazole rings is 1. The van der Waals surface area contributed by atoms with E-state index in [1.54, 1.807) is 0 Å². The van der Waals surface area contributed by atoms with Crippen LogP contribution in [0.4, 0.5) is 11.4 Å². The van der Waals surface area contributed by atoms with Crippen LogP contribution in [0.5, 0.6) is 5.95 Å². The standard InChI is InChI=1S/C17H13N3O4/c1-11-2-4-12(5-3-11)16-19-15(17(21)24-16)10-18-13-6-8-14(9-7-13)20(22)23/h2-10,21H,1H3. The van der Waals surface area contributed by atoms with Crippen LogP contribution in [0.3, 0.4) is 0 Å². The lowest BCUT2D eigenvalue weighted by Gasteiger charge is -1.95. The van der Waals surface area contributed by atoms with Crippen molar-refractivity contribution < 1.29 is 14.4 Å². The molecule has 0 bridgehead atoms. The van der Waals surface area contributed by atoms with Crippen LogP contribution in [-0.4, -0.2) is 21.2 Å². The molecule has 3 aromatic rings. The third kappa shape index (κ3) is 3.30. The molecule has 0 fully saturated rings. The molecule has 0 spiro atoms. The van der Waals surface area contributed by atoms with E-state index in [0.29, 0.717) is 5.69 Å². The van der Waals surface area contributed by atoms with Gasteiger partial charge in [0.05, 0.1) is 16.8 Å². The molecule has 0 unspecified atom stereocenters. The zero-order chi connectivity index (χ0) is 17.1. The summed E-state index contributed by atoms with van der Waals surface area (Å²) in [4.78, 5) is 18.5. The first-order valence-electron chi connectivity index (χ1n) is 7.08. The van der Waals surface area contributed by atoms with E-state index >= 15 is 0 Å². The van der Waals surface area contributed by atoms with Crippen molar-refractivity contribution in [3.05, 3.63) is 69.9 Å². The minimum atomic E-state index is -0.481. The SMILES string of the molecule is Cc1ccc(-c2nc(C=Nc3ccc([N+](=O)[O-])cc3)c(O)o2)cc1. The molecule has 0 amide bonds. The molecule has 24 heavy (non-hydrogen) atoms. The Kier molecular flexibility index (Phi) is 4.07. The first-order valence-corrected chi connectivity index (χ1v) is 7.08. The molecule has 120 valence electrons. The number of nitrogens with zero attached hydrogens (tertiary/aromatic N) is 3. The normalized spacial score (nSPS) is 11.0. The highest BCUT2D eigenvalue weighted by Crippen LogP contribution is 2.26. The number of nitro groups is 1. The first kappa shape index (κ1) is 15.4. The van der Waals surface area contributed by atoms with Gasteiger partial charge in [0, 0.05) is 17.7 Å². The van der Waals surface area contributed by atoms with Crippen LogP contribution in [0.2, 0.25) is 0 Å². The largest absolute Gasteiger partial charge is 0.479 e. The molecule has 2 aromatic carbocycles. The lowest BCUT2D eigenvalue weighted by molar-refractivity contribution is -0.384. The Morgan fingerprint density at radius 1 is 1.17 bits per heavy atom. The fourth-order valence-electron chi connectivity index (χ4n) is 2.02. The quantitative estimate of drug-likeness (QED) is 0.444. The number of aliphatic imine (C=N–C) groups is 1. The summed E-state index contributed by atoms with van der Waals surface area (Å²) >= 11 is 0. The van der Waals surface area contributed by atoms with E-state index in [-0.39, 0.29) is 23.2 Å². The van der Waals surface area contributed by atoms with Gasteiger partial charge in [0.2, 0.25) is 5.89 Å². The van der Waals surface area contributed by atoms with E-state index in [0.717, 1.165) is 11.1 Å². The van der Waals surface area contributed by atoms with Crippen molar-refractivity contribution in [3.8, 4) is 17.4 Å². The van der Waals surface area contributed by atoms with Crippen LogP contribution in [0.1, 0.15) is 11.3 Å². The molecule has 0 aliphatic heterocycles. The summed E-state index contributed by atoms with van der Waals surface area (Å²) in [5.74, 6) is -0.0473. The van der Waals surface area contributed by atoms with Crippen LogP contribution in [0.15, 0.2) is 57.9 Å². The van der Waals surface area contributed by atoms with Gasteiger partial charge in [0.25, 0.3) is 5.69 Å². The van der Waals surface area contributed by atoms with E-state index in [1.165, 1.54) is 30.5 Å². The Balaban J connectivity index is 1.82. The van der Waals surface area contributed by atoms with Crippen LogP contribution in [0.25, 0.3) is 11.5 Å². The Morgan fingerprint density at radius 2 is 1.83 bits per heavy atom. The maximum absolute atomic E-state index is 10.6. The molecule has 3 rings (SSSR count). The molecular weight excluding hydrogens is 310 g/mol. The number of benzene rings is 2. The topological polar surface area (TPSA) is 102 Å². The molecule has 1 aromatic heterocycles. The van der Waals surface area contributed by atoms with Gasteiger partial charge < -0.3 is 9.52 Å². The summed E-state index contributed by atoms with van der Waals surface area (Å²) < 4.78 is 5.24. The third-order valence-corrected chi connectivity index (χ3v) is 3.33. The van der Waals surface area contributed by atoms with Crippen LogP contribution >= 0.6 is 0 Å². The number of hydrogen-bond acceptors (Lipinski definition) is 6. The summed E-state index contributed by atoms with van der Waals surface area (Å²) in [6.45, 7) is 1.97. The average Bonchev–Trinajstić information content (AvgIpc) is 2.95. The van der Waals surface area contributed by atoms with Gasteiger partial charge in [-0.05, 0) is 31.2 Å². The Bertz CT molecular complexity index is 897. The molecule has 7 nitrogen and oxygen atoms in total. The van der Waals surface area contributed by atoms with Crippen molar-refractivity contribution in [1.29, 1.82) is 0 Å². The van der Waals surface area contributed by atoms with Gasteiger partial charge in [0.1, 0.15) is 0 Å². The number of rotatable bonds is 4. The fourth-order valence-corrected chi connectivity index (χ4v) is 2.02. The van der Waals surface area contributed by atoms with Gasteiger partial charge in [0.15, 0.2) is 5.69 Å². The molecule has 0 saturated heterocycles. The molecule has 0 aliphatic carbocycles. The third-order valence-electron chi connectivity index (χ3n) is 3.33. The predicted molar refractivity (Wildman–Crippen MR) is 88.7 cm³/mol. The van der Waals surface area contributed by atoms with Gasteiger partial charge in [-0.15, -0.1) is 0 Å². The van der Waals surface area contributed by atoms with Gasteiger partial charge >= 0.3 is 5.95 Å². The van der Waals surface area contributed by atoms with Crippen molar-refractivity contribution in [1.82, 2.24) is 4.98 Å².